The Hall–Kier alpha value is -2.31. The van der Waals surface area contributed by atoms with Gasteiger partial charge in [0.1, 0.15) is 0 Å². The molecule has 25 heavy (non-hydrogen) atoms. The van der Waals surface area contributed by atoms with Gasteiger partial charge < -0.3 is 4.57 Å². The van der Waals surface area contributed by atoms with Crippen LogP contribution in [0.15, 0.2) is 15.8 Å². The number of fused-ring (bicyclic) bond motifs is 3. The Labute approximate surface area is 146 Å². The average molecular weight is 345 g/mol. The summed E-state index contributed by atoms with van der Waals surface area (Å²) in [5.41, 5.74) is 1.27. The van der Waals surface area contributed by atoms with E-state index in [0.717, 1.165) is 29.0 Å². The molecule has 0 aromatic carbocycles. The minimum atomic E-state index is -0.358. The maximum atomic E-state index is 12.7. The smallest absolute Gasteiger partial charge is 0.313 e. The first-order valence-corrected chi connectivity index (χ1v) is 8.71. The molecule has 0 radical (unpaired) electrons. The van der Waals surface area contributed by atoms with Crippen LogP contribution in [0.4, 0.5) is 0 Å². The first-order valence-electron chi connectivity index (χ1n) is 8.71. The SMILES string of the molecule is CC(C)CCn1c(C(C)(C)C)cn2c3c(=O)n(C)c(=O)n(C)c3nc12. The third kappa shape index (κ3) is 2.62. The van der Waals surface area contributed by atoms with Crippen LogP contribution in [-0.2, 0) is 26.1 Å². The molecule has 0 atom stereocenters. The first kappa shape index (κ1) is 17.5. The number of hydrogen-bond acceptors (Lipinski definition) is 3. The molecule has 0 N–H and O–H groups in total. The molecular formula is C18H27N5O2. The van der Waals surface area contributed by atoms with E-state index in [1.54, 1.807) is 7.05 Å². The predicted octanol–water partition coefficient (Wildman–Crippen LogP) is 2.03. The fourth-order valence-electron chi connectivity index (χ4n) is 3.22. The summed E-state index contributed by atoms with van der Waals surface area (Å²) >= 11 is 0. The average Bonchev–Trinajstić information content (AvgIpc) is 3.04. The van der Waals surface area contributed by atoms with Crippen molar-refractivity contribution in [3.63, 3.8) is 0 Å². The molecule has 3 rings (SSSR count). The van der Waals surface area contributed by atoms with E-state index in [1.807, 2.05) is 10.6 Å². The third-order valence-corrected chi connectivity index (χ3v) is 4.75. The Kier molecular flexibility index (Phi) is 3.93. The van der Waals surface area contributed by atoms with Crippen LogP contribution in [0.3, 0.4) is 0 Å². The second-order valence-corrected chi connectivity index (χ2v) is 8.26. The van der Waals surface area contributed by atoms with Crippen LogP contribution in [0.1, 0.15) is 46.7 Å². The maximum Gasteiger partial charge on any atom is 0.332 e. The lowest BCUT2D eigenvalue weighted by Crippen LogP contribution is -2.37. The number of aromatic nitrogens is 5. The van der Waals surface area contributed by atoms with E-state index in [2.05, 4.69) is 44.2 Å². The Morgan fingerprint density at radius 2 is 1.76 bits per heavy atom. The minimum absolute atomic E-state index is 0.0735. The molecule has 0 aliphatic heterocycles. The molecule has 0 bridgehead atoms. The molecule has 3 aromatic rings. The molecular weight excluding hydrogens is 318 g/mol. The molecule has 7 nitrogen and oxygen atoms in total. The molecule has 3 aromatic heterocycles. The number of hydrogen-bond donors (Lipinski definition) is 0. The summed E-state index contributed by atoms with van der Waals surface area (Å²) in [5.74, 6) is 1.29. The lowest BCUT2D eigenvalue weighted by molar-refractivity contribution is 0.474. The van der Waals surface area contributed by atoms with E-state index >= 15 is 0 Å². The quantitative estimate of drug-likeness (QED) is 0.729. The number of rotatable bonds is 3. The van der Waals surface area contributed by atoms with Crippen molar-refractivity contribution < 1.29 is 0 Å². The van der Waals surface area contributed by atoms with Gasteiger partial charge in [0.25, 0.3) is 5.56 Å². The van der Waals surface area contributed by atoms with Crippen molar-refractivity contribution in [3.05, 3.63) is 32.7 Å². The van der Waals surface area contributed by atoms with E-state index in [0.29, 0.717) is 17.1 Å². The zero-order valence-electron chi connectivity index (χ0n) is 16.1. The van der Waals surface area contributed by atoms with Crippen molar-refractivity contribution in [2.24, 2.45) is 20.0 Å². The van der Waals surface area contributed by atoms with E-state index in [-0.39, 0.29) is 16.7 Å². The standard InChI is InChI=1S/C18H27N5O2/c1-11(2)8-9-22-12(18(3,4)5)10-23-13-14(19-16(22)23)20(6)17(25)21(7)15(13)24/h10-11H,8-9H2,1-7H3. The van der Waals surface area contributed by atoms with Crippen LogP contribution >= 0.6 is 0 Å². The third-order valence-electron chi connectivity index (χ3n) is 4.75. The van der Waals surface area contributed by atoms with Gasteiger partial charge in [-0.05, 0) is 12.3 Å². The van der Waals surface area contributed by atoms with Gasteiger partial charge in [-0.1, -0.05) is 34.6 Å². The molecule has 136 valence electrons. The van der Waals surface area contributed by atoms with Crippen molar-refractivity contribution in [2.75, 3.05) is 0 Å². The number of imidazole rings is 2. The highest BCUT2D eigenvalue weighted by molar-refractivity contribution is 5.75. The lowest BCUT2D eigenvalue weighted by atomic mass is 9.92. The van der Waals surface area contributed by atoms with Gasteiger partial charge in [0.05, 0.1) is 0 Å². The first-order chi connectivity index (χ1) is 11.5. The van der Waals surface area contributed by atoms with Crippen LogP contribution < -0.4 is 11.2 Å². The predicted molar refractivity (Wildman–Crippen MR) is 99.3 cm³/mol. The molecule has 0 unspecified atom stereocenters. The minimum Gasteiger partial charge on any atom is -0.313 e. The van der Waals surface area contributed by atoms with Gasteiger partial charge in [0, 0.05) is 37.9 Å². The van der Waals surface area contributed by atoms with Gasteiger partial charge in [-0.3, -0.25) is 18.3 Å². The summed E-state index contributed by atoms with van der Waals surface area (Å²) < 4.78 is 6.61. The van der Waals surface area contributed by atoms with Crippen LogP contribution in [-0.4, -0.2) is 23.1 Å². The van der Waals surface area contributed by atoms with Crippen LogP contribution in [0, 0.1) is 5.92 Å². The fraction of sp³-hybridized carbons (Fsp3) is 0.611. The molecule has 0 amide bonds. The molecule has 0 aliphatic carbocycles. The van der Waals surface area contributed by atoms with E-state index in [9.17, 15) is 9.59 Å². The topological polar surface area (TPSA) is 66.2 Å². The van der Waals surface area contributed by atoms with E-state index < -0.39 is 0 Å². The van der Waals surface area contributed by atoms with Crippen molar-refractivity contribution in [1.82, 2.24) is 23.1 Å². The van der Waals surface area contributed by atoms with Crippen molar-refractivity contribution in [1.29, 1.82) is 0 Å². The molecule has 0 spiro atoms. The Morgan fingerprint density at radius 3 is 2.32 bits per heavy atom. The van der Waals surface area contributed by atoms with Gasteiger partial charge in [-0.15, -0.1) is 0 Å². The zero-order chi connectivity index (χ0) is 18.7. The summed E-state index contributed by atoms with van der Waals surface area (Å²) in [5, 5.41) is 0. The highest BCUT2D eigenvalue weighted by Crippen LogP contribution is 2.27. The van der Waals surface area contributed by atoms with E-state index in [1.165, 1.54) is 11.6 Å². The maximum absolute atomic E-state index is 12.7. The highest BCUT2D eigenvalue weighted by Gasteiger charge is 2.25. The van der Waals surface area contributed by atoms with Crippen LogP contribution in [0.25, 0.3) is 16.9 Å². The molecule has 0 saturated carbocycles. The van der Waals surface area contributed by atoms with Gasteiger partial charge in [-0.25, -0.2) is 4.79 Å². The molecule has 0 aliphatic rings. The van der Waals surface area contributed by atoms with Gasteiger partial charge >= 0.3 is 5.69 Å². The molecule has 3 heterocycles. The van der Waals surface area contributed by atoms with Gasteiger partial charge in [0.15, 0.2) is 11.2 Å². The summed E-state index contributed by atoms with van der Waals surface area (Å²) in [6.07, 6.45) is 3.02. The Morgan fingerprint density at radius 1 is 1.12 bits per heavy atom. The van der Waals surface area contributed by atoms with Crippen LogP contribution in [0.2, 0.25) is 0 Å². The Bertz CT molecular complexity index is 1070. The van der Waals surface area contributed by atoms with Crippen molar-refractivity contribution >= 4 is 16.9 Å². The largest absolute Gasteiger partial charge is 0.332 e. The summed E-state index contributed by atoms with van der Waals surface area (Å²) in [6.45, 7) is 11.7. The monoisotopic (exact) mass is 345 g/mol. The summed E-state index contributed by atoms with van der Waals surface area (Å²) in [4.78, 5) is 29.6. The second kappa shape index (κ2) is 5.61. The molecule has 0 saturated heterocycles. The summed E-state index contributed by atoms with van der Waals surface area (Å²) in [6, 6.07) is 0. The highest BCUT2D eigenvalue weighted by atomic mass is 16.2. The van der Waals surface area contributed by atoms with E-state index in [4.69, 9.17) is 0 Å². The molecule has 7 heteroatoms. The Balaban J connectivity index is 2.43. The summed E-state index contributed by atoms with van der Waals surface area (Å²) in [7, 11) is 3.16. The fourth-order valence-corrected chi connectivity index (χ4v) is 3.22. The number of aryl methyl sites for hydroxylation is 2. The molecule has 0 fully saturated rings. The van der Waals surface area contributed by atoms with Crippen LogP contribution in [0.5, 0.6) is 0 Å². The van der Waals surface area contributed by atoms with Crippen molar-refractivity contribution in [3.8, 4) is 0 Å². The number of nitrogens with zero attached hydrogens (tertiary/aromatic N) is 5. The van der Waals surface area contributed by atoms with Crippen molar-refractivity contribution in [2.45, 2.75) is 53.0 Å². The zero-order valence-corrected chi connectivity index (χ0v) is 16.1. The second-order valence-electron chi connectivity index (χ2n) is 8.26. The van der Waals surface area contributed by atoms with Gasteiger partial charge in [0.2, 0.25) is 5.78 Å². The normalized spacial score (nSPS) is 12.8. The lowest BCUT2D eigenvalue weighted by Gasteiger charge is -2.21. The van der Waals surface area contributed by atoms with Gasteiger partial charge in [-0.2, -0.15) is 4.98 Å².